The lowest BCUT2D eigenvalue weighted by atomic mass is 10.3. The quantitative estimate of drug-likeness (QED) is 0.350. The van der Waals surface area contributed by atoms with Crippen LogP contribution in [0.5, 0.6) is 0 Å². The van der Waals surface area contributed by atoms with E-state index in [0.717, 1.165) is 6.42 Å². The van der Waals surface area contributed by atoms with Gasteiger partial charge >= 0.3 is 0 Å². The van der Waals surface area contributed by atoms with Gasteiger partial charge in [-0.1, -0.05) is 95.1 Å². The summed E-state index contributed by atoms with van der Waals surface area (Å²) in [6, 6.07) is 0. The zero-order valence-electron chi connectivity index (χ0n) is 11.3. The summed E-state index contributed by atoms with van der Waals surface area (Å²) in [5, 5.41) is 4.92. The highest BCUT2D eigenvalue weighted by Crippen LogP contribution is 2.34. The second kappa shape index (κ2) is 15.0. The SMILES string of the molecule is C1=CCSSC1.C1=CSSCC1.C=CC1CC=CSS1. The summed E-state index contributed by atoms with van der Waals surface area (Å²) in [6.07, 6.45) is 13.2. The van der Waals surface area contributed by atoms with Gasteiger partial charge in [0.15, 0.2) is 0 Å². The number of hydrogen-bond acceptors (Lipinski definition) is 6. The lowest BCUT2D eigenvalue weighted by Gasteiger charge is -2.09. The van der Waals surface area contributed by atoms with Crippen LogP contribution in [0, 0.1) is 0 Å². The Labute approximate surface area is 147 Å². The Bertz CT molecular complexity index is 290. The zero-order valence-corrected chi connectivity index (χ0v) is 16.2. The van der Waals surface area contributed by atoms with Gasteiger partial charge in [0.05, 0.1) is 0 Å². The van der Waals surface area contributed by atoms with Gasteiger partial charge in [-0.05, 0) is 23.7 Å². The first kappa shape index (κ1) is 19.1. The fourth-order valence-electron chi connectivity index (χ4n) is 1.13. The molecule has 1 atom stereocenters. The molecule has 3 heterocycles. The van der Waals surface area contributed by atoms with Gasteiger partial charge in [0.1, 0.15) is 0 Å². The van der Waals surface area contributed by atoms with Crippen LogP contribution in [0.3, 0.4) is 0 Å². The Morgan fingerprint density at radius 2 is 1.65 bits per heavy atom. The molecule has 0 radical (unpaired) electrons. The molecule has 6 heteroatoms. The molecule has 112 valence electrons. The summed E-state index contributed by atoms with van der Waals surface area (Å²) >= 11 is 0. The fourth-order valence-corrected chi connectivity index (χ4v) is 6.46. The second-order valence-corrected chi connectivity index (χ2v) is 11.1. The zero-order chi connectivity index (χ0) is 14.3. The van der Waals surface area contributed by atoms with Crippen molar-refractivity contribution in [3.63, 3.8) is 0 Å². The molecule has 3 aliphatic rings. The van der Waals surface area contributed by atoms with Gasteiger partial charge in [-0.25, -0.2) is 0 Å². The normalized spacial score (nSPS) is 23.9. The van der Waals surface area contributed by atoms with E-state index < -0.39 is 0 Å². The van der Waals surface area contributed by atoms with E-state index in [1.165, 1.54) is 23.7 Å². The minimum absolute atomic E-state index is 0.644. The molecule has 3 rings (SSSR count). The van der Waals surface area contributed by atoms with E-state index in [9.17, 15) is 0 Å². The van der Waals surface area contributed by atoms with E-state index in [4.69, 9.17) is 0 Å². The molecular weight excluding hydrogens is 361 g/mol. The van der Waals surface area contributed by atoms with Crippen LogP contribution in [0.1, 0.15) is 12.8 Å². The average molecular weight is 381 g/mol. The van der Waals surface area contributed by atoms with Crippen molar-refractivity contribution in [2.45, 2.75) is 18.1 Å². The van der Waals surface area contributed by atoms with Crippen LogP contribution in [0.2, 0.25) is 0 Å². The highest BCUT2D eigenvalue weighted by molar-refractivity contribution is 8.78. The Balaban J connectivity index is 0.000000152. The molecule has 0 saturated heterocycles. The van der Waals surface area contributed by atoms with Crippen molar-refractivity contribution in [1.29, 1.82) is 0 Å². The summed E-state index contributed by atoms with van der Waals surface area (Å²) in [6.45, 7) is 3.72. The van der Waals surface area contributed by atoms with E-state index in [2.05, 4.69) is 41.7 Å². The van der Waals surface area contributed by atoms with Gasteiger partial charge < -0.3 is 0 Å². The fraction of sp³-hybridized carbons (Fsp3) is 0.429. The van der Waals surface area contributed by atoms with Crippen LogP contribution >= 0.6 is 64.8 Å². The van der Waals surface area contributed by atoms with Crippen LogP contribution in [0.15, 0.2) is 47.8 Å². The molecule has 1 unspecified atom stereocenters. The second-order valence-electron chi connectivity index (χ2n) is 3.69. The van der Waals surface area contributed by atoms with Crippen molar-refractivity contribution >= 4 is 64.8 Å². The first-order valence-corrected chi connectivity index (χ1v) is 13.5. The van der Waals surface area contributed by atoms with Crippen molar-refractivity contribution in [2.75, 3.05) is 17.3 Å². The summed E-state index contributed by atoms with van der Waals surface area (Å²) in [7, 11) is 11.3. The molecule has 0 amide bonds. The highest BCUT2D eigenvalue weighted by atomic mass is 33.1. The maximum absolute atomic E-state index is 3.72. The number of allylic oxidation sites excluding steroid dienone is 2. The van der Waals surface area contributed by atoms with Crippen LogP contribution in [-0.2, 0) is 0 Å². The molecule has 0 aromatic carbocycles. The van der Waals surface area contributed by atoms with E-state index in [0.29, 0.717) is 5.25 Å². The van der Waals surface area contributed by atoms with Gasteiger partial charge in [-0.3, -0.25) is 0 Å². The van der Waals surface area contributed by atoms with E-state index in [-0.39, 0.29) is 0 Å². The van der Waals surface area contributed by atoms with Crippen LogP contribution in [0.25, 0.3) is 0 Å². The van der Waals surface area contributed by atoms with Crippen LogP contribution in [-0.4, -0.2) is 22.5 Å². The molecule has 0 spiro atoms. The third-order valence-electron chi connectivity index (χ3n) is 2.13. The molecule has 0 nitrogen and oxygen atoms in total. The summed E-state index contributed by atoms with van der Waals surface area (Å²) in [5.74, 6) is 3.69. The largest absolute Gasteiger partial charge is 0.102 e. The topological polar surface area (TPSA) is 0 Å². The average Bonchev–Trinajstić information content (AvgIpc) is 2.60. The lowest BCUT2D eigenvalue weighted by molar-refractivity contribution is 1.08. The smallest absolute Gasteiger partial charge is 0.0366 e. The number of rotatable bonds is 1. The maximum Gasteiger partial charge on any atom is 0.0366 e. The minimum Gasteiger partial charge on any atom is -0.102 e. The monoisotopic (exact) mass is 380 g/mol. The molecule has 0 aromatic rings. The Hall–Kier alpha value is 1.06. The molecule has 3 aliphatic heterocycles. The first-order chi connectivity index (χ1) is 9.93. The first-order valence-electron chi connectivity index (χ1n) is 6.36. The van der Waals surface area contributed by atoms with Crippen molar-refractivity contribution in [2.24, 2.45) is 0 Å². The summed E-state index contributed by atoms with van der Waals surface area (Å²) < 4.78 is 0. The molecule has 0 aliphatic carbocycles. The lowest BCUT2D eigenvalue weighted by Crippen LogP contribution is -1.94. The predicted octanol–water partition coefficient (Wildman–Crippen LogP) is 7.06. The summed E-state index contributed by atoms with van der Waals surface area (Å²) in [4.78, 5) is 0. The predicted molar refractivity (Wildman–Crippen MR) is 111 cm³/mol. The van der Waals surface area contributed by atoms with Crippen molar-refractivity contribution in [3.05, 3.63) is 47.8 Å². The Morgan fingerprint density at radius 1 is 0.900 bits per heavy atom. The molecule has 0 fully saturated rings. The van der Waals surface area contributed by atoms with E-state index >= 15 is 0 Å². The van der Waals surface area contributed by atoms with Crippen LogP contribution < -0.4 is 0 Å². The summed E-state index contributed by atoms with van der Waals surface area (Å²) in [5.41, 5.74) is 0. The van der Waals surface area contributed by atoms with Crippen molar-refractivity contribution in [3.8, 4) is 0 Å². The van der Waals surface area contributed by atoms with Gasteiger partial charge in [-0.15, -0.1) is 6.58 Å². The third-order valence-corrected chi connectivity index (χ3v) is 8.81. The molecule has 0 bridgehead atoms. The Morgan fingerprint density at radius 3 is 1.90 bits per heavy atom. The van der Waals surface area contributed by atoms with Crippen molar-refractivity contribution < 1.29 is 0 Å². The maximum atomic E-state index is 3.72. The van der Waals surface area contributed by atoms with E-state index in [1.807, 2.05) is 60.0 Å². The molecule has 0 aromatic heterocycles. The van der Waals surface area contributed by atoms with Gasteiger partial charge in [-0.2, -0.15) is 0 Å². The minimum atomic E-state index is 0.644. The molecule has 20 heavy (non-hydrogen) atoms. The number of hydrogen-bond donors (Lipinski definition) is 0. The van der Waals surface area contributed by atoms with Gasteiger partial charge in [0, 0.05) is 22.5 Å². The van der Waals surface area contributed by atoms with Gasteiger partial charge in [0.25, 0.3) is 0 Å². The highest BCUT2D eigenvalue weighted by Gasteiger charge is 2.04. The molecular formula is C14H20S6. The Kier molecular flexibility index (Phi) is 14.3. The van der Waals surface area contributed by atoms with Crippen molar-refractivity contribution in [1.82, 2.24) is 0 Å². The third kappa shape index (κ3) is 11.7. The molecule has 0 N–H and O–H groups in total. The van der Waals surface area contributed by atoms with Gasteiger partial charge in [0.2, 0.25) is 0 Å². The standard InChI is InChI=1S/C6H8S2.2C4H6S2/c1-2-6-4-3-5-7-8-6;2*1-2-4-6-5-3-1/h2-3,5-6H,1,4H2;1,3H,2,4H2;1-2H,3-4H2. The van der Waals surface area contributed by atoms with E-state index in [1.54, 1.807) is 10.8 Å². The van der Waals surface area contributed by atoms with Crippen LogP contribution in [0.4, 0.5) is 0 Å². The molecule has 0 saturated carbocycles.